The molecule has 0 spiro atoms. The highest BCUT2D eigenvalue weighted by Crippen LogP contribution is 2.46. The van der Waals surface area contributed by atoms with Gasteiger partial charge in [-0.15, -0.1) is 9.89 Å². The lowest BCUT2D eigenvalue weighted by Gasteiger charge is -2.15. The number of fused-ring (bicyclic) bond motifs is 1. The summed E-state index contributed by atoms with van der Waals surface area (Å²) < 4.78 is 2.55. The van der Waals surface area contributed by atoms with E-state index in [1.807, 2.05) is 0 Å². The van der Waals surface area contributed by atoms with Crippen molar-refractivity contribution in [3.8, 4) is 11.3 Å². The molecule has 0 amide bonds. The second-order valence-electron chi connectivity index (χ2n) is 4.70. The summed E-state index contributed by atoms with van der Waals surface area (Å²) in [5.41, 5.74) is 0.424. The summed E-state index contributed by atoms with van der Waals surface area (Å²) >= 11 is 26.5. The molecule has 4 nitrogen and oxygen atoms in total. The van der Waals surface area contributed by atoms with Gasteiger partial charge in [-0.1, -0.05) is 29.3 Å². The lowest BCUT2D eigenvalue weighted by atomic mass is 10.0. The molecule has 0 fully saturated rings. The van der Waals surface area contributed by atoms with E-state index in [9.17, 15) is 4.79 Å². The number of hydrogen-bond donors (Lipinski definition) is 1. The van der Waals surface area contributed by atoms with Crippen LogP contribution in [0.3, 0.4) is 0 Å². The van der Waals surface area contributed by atoms with Crippen LogP contribution in [-0.2, 0) is 0 Å². The maximum absolute atomic E-state index is 12.5. The molecule has 0 radical (unpaired) electrons. The molecular weight excluding hydrogens is 617 g/mol. The number of halogens is 6. The fourth-order valence-corrected chi connectivity index (χ4v) is 5.32. The molecule has 2 N–H and O–H groups in total. The standard InChI is InChI=1S/C14H5Br4Cl2N3O/c15-9-7-8(10(16)12(18)11(9)17)14(24)23(21)22-13(7)6-4(19)2-1-3-5(6)20/h1-3H,21H2. The van der Waals surface area contributed by atoms with Crippen LogP contribution in [0.4, 0.5) is 0 Å². The van der Waals surface area contributed by atoms with Crippen molar-refractivity contribution in [2.75, 3.05) is 5.84 Å². The molecule has 1 heterocycles. The Hall–Kier alpha value is -0.120. The number of benzene rings is 2. The highest BCUT2D eigenvalue weighted by atomic mass is 79.9. The Bertz CT molecular complexity index is 1050. The highest BCUT2D eigenvalue weighted by Gasteiger charge is 2.24. The predicted octanol–water partition coefficient (Wildman–Crippen LogP) is 6.13. The highest BCUT2D eigenvalue weighted by molar-refractivity contribution is 9.15. The molecule has 1 aromatic heterocycles. The number of nitrogens with two attached hydrogens (primary N) is 1. The average Bonchev–Trinajstić information content (AvgIpc) is 2.53. The van der Waals surface area contributed by atoms with E-state index < -0.39 is 5.56 Å². The largest absolute Gasteiger partial charge is 0.320 e. The number of hydrogen-bond acceptors (Lipinski definition) is 3. The summed E-state index contributed by atoms with van der Waals surface area (Å²) in [6.07, 6.45) is 0. The van der Waals surface area contributed by atoms with E-state index in [0.717, 1.165) is 4.79 Å². The fourth-order valence-electron chi connectivity index (χ4n) is 2.27. The second kappa shape index (κ2) is 6.89. The van der Waals surface area contributed by atoms with Crippen molar-refractivity contribution in [2.24, 2.45) is 0 Å². The summed E-state index contributed by atoms with van der Waals surface area (Å²) in [6, 6.07) is 5.12. The molecule has 0 saturated carbocycles. The number of aromatic nitrogens is 2. The molecule has 0 atom stereocenters. The summed E-state index contributed by atoms with van der Waals surface area (Å²) in [7, 11) is 0. The van der Waals surface area contributed by atoms with Crippen LogP contribution in [-0.4, -0.2) is 9.89 Å². The topological polar surface area (TPSA) is 60.9 Å². The molecule has 0 aliphatic carbocycles. The van der Waals surface area contributed by atoms with E-state index in [1.54, 1.807) is 18.2 Å². The van der Waals surface area contributed by atoms with Crippen LogP contribution in [0.15, 0.2) is 40.9 Å². The van der Waals surface area contributed by atoms with Crippen molar-refractivity contribution >= 4 is 97.7 Å². The molecule has 0 aliphatic heterocycles. The predicted molar refractivity (Wildman–Crippen MR) is 112 cm³/mol. The van der Waals surface area contributed by atoms with Gasteiger partial charge < -0.3 is 5.84 Å². The van der Waals surface area contributed by atoms with Crippen LogP contribution in [0.5, 0.6) is 0 Å². The van der Waals surface area contributed by atoms with Gasteiger partial charge in [0.25, 0.3) is 5.56 Å². The van der Waals surface area contributed by atoms with Gasteiger partial charge in [0.1, 0.15) is 5.69 Å². The van der Waals surface area contributed by atoms with Crippen molar-refractivity contribution in [1.29, 1.82) is 0 Å². The first kappa shape index (κ1) is 18.7. The molecular formula is C14H5Br4Cl2N3O. The third-order valence-corrected chi connectivity index (χ3v) is 8.73. The summed E-state index contributed by atoms with van der Waals surface area (Å²) in [4.78, 5) is 13.3. The van der Waals surface area contributed by atoms with Gasteiger partial charge in [-0.3, -0.25) is 4.79 Å². The van der Waals surface area contributed by atoms with Crippen molar-refractivity contribution in [1.82, 2.24) is 9.89 Å². The van der Waals surface area contributed by atoms with Crippen LogP contribution in [0.2, 0.25) is 10.0 Å². The van der Waals surface area contributed by atoms with Gasteiger partial charge in [0.15, 0.2) is 0 Å². The normalized spacial score (nSPS) is 11.2. The maximum atomic E-state index is 12.5. The average molecular weight is 622 g/mol. The first-order valence-corrected chi connectivity index (χ1v) is 10.2. The zero-order chi connectivity index (χ0) is 17.8. The van der Waals surface area contributed by atoms with Gasteiger partial charge in [-0.25, -0.2) is 0 Å². The zero-order valence-electron chi connectivity index (χ0n) is 11.4. The van der Waals surface area contributed by atoms with Crippen LogP contribution >= 0.6 is 86.9 Å². The third kappa shape index (κ3) is 2.85. The van der Waals surface area contributed by atoms with Crippen LogP contribution in [0, 0.1) is 0 Å². The van der Waals surface area contributed by atoms with Gasteiger partial charge in [0.05, 0.1) is 15.4 Å². The Labute approximate surface area is 179 Å². The quantitative estimate of drug-likeness (QED) is 0.202. The Morgan fingerprint density at radius 1 is 0.917 bits per heavy atom. The van der Waals surface area contributed by atoms with E-state index in [2.05, 4.69) is 68.8 Å². The van der Waals surface area contributed by atoms with E-state index in [-0.39, 0.29) is 0 Å². The third-order valence-electron chi connectivity index (χ3n) is 3.33. The molecule has 3 rings (SSSR count). The monoisotopic (exact) mass is 617 g/mol. The summed E-state index contributed by atoms with van der Waals surface area (Å²) in [5, 5.41) is 5.88. The van der Waals surface area contributed by atoms with Crippen LogP contribution < -0.4 is 11.4 Å². The number of nitrogen functional groups attached to an aromatic ring is 1. The van der Waals surface area contributed by atoms with Crippen molar-refractivity contribution in [3.63, 3.8) is 0 Å². The Morgan fingerprint density at radius 3 is 1.96 bits per heavy atom. The first-order valence-electron chi connectivity index (χ1n) is 6.24. The summed E-state index contributed by atoms with van der Waals surface area (Å²) in [5.74, 6) is 5.78. The Morgan fingerprint density at radius 2 is 1.42 bits per heavy atom. The van der Waals surface area contributed by atoms with Gasteiger partial charge in [0, 0.05) is 28.8 Å². The van der Waals surface area contributed by atoms with Crippen molar-refractivity contribution in [2.45, 2.75) is 0 Å². The van der Waals surface area contributed by atoms with Gasteiger partial charge in [-0.2, -0.15) is 0 Å². The number of rotatable bonds is 1. The molecule has 0 bridgehead atoms. The lowest BCUT2D eigenvalue weighted by Crippen LogP contribution is -2.30. The molecule has 2 aromatic carbocycles. The van der Waals surface area contributed by atoms with Gasteiger partial charge >= 0.3 is 0 Å². The molecule has 24 heavy (non-hydrogen) atoms. The molecule has 0 unspecified atom stereocenters. The van der Waals surface area contributed by atoms with Gasteiger partial charge in [-0.05, 0) is 75.9 Å². The molecule has 124 valence electrons. The molecule has 0 saturated heterocycles. The van der Waals surface area contributed by atoms with E-state index in [1.165, 1.54) is 0 Å². The SMILES string of the molecule is Nn1nc(-c2c(Cl)cccc2Cl)c2c(Br)c(Br)c(Br)c(Br)c2c1=O. The van der Waals surface area contributed by atoms with Crippen LogP contribution in [0.25, 0.3) is 22.0 Å². The first-order chi connectivity index (χ1) is 11.3. The zero-order valence-corrected chi connectivity index (χ0v) is 19.2. The minimum atomic E-state index is -0.460. The fraction of sp³-hybridized carbons (Fsp3) is 0. The molecule has 0 aliphatic rings. The van der Waals surface area contributed by atoms with Crippen molar-refractivity contribution < 1.29 is 0 Å². The van der Waals surface area contributed by atoms with Crippen molar-refractivity contribution in [3.05, 3.63) is 56.5 Å². The van der Waals surface area contributed by atoms with Crippen LogP contribution in [0.1, 0.15) is 0 Å². The molecule has 3 aromatic rings. The minimum absolute atomic E-state index is 0.348. The maximum Gasteiger partial charge on any atom is 0.294 e. The summed E-state index contributed by atoms with van der Waals surface area (Å²) in [6.45, 7) is 0. The van der Waals surface area contributed by atoms with Gasteiger partial charge in [0.2, 0.25) is 0 Å². The van der Waals surface area contributed by atoms with E-state index in [0.29, 0.717) is 50.0 Å². The number of nitrogens with zero attached hydrogens (tertiary/aromatic N) is 2. The lowest BCUT2D eigenvalue weighted by molar-refractivity contribution is 0.780. The minimum Gasteiger partial charge on any atom is -0.320 e. The smallest absolute Gasteiger partial charge is 0.294 e. The Balaban J connectivity index is 2.66. The Kier molecular flexibility index (Phi) is 5.36. The van der Waals surface area contributed by atoms with E-state index in [4.69, 9.17) is 29.0 Å². The van der Waals surface area contributed by atoms with E-state index >= 15 is 0 Å². The second-order valence-corrected chi connectivity index (χ2v) is 8.69. The molecule has 10 heteroatoms.